The predicted octanol–water partition coefficient (Wildman–Crippen LogP) is 1.03. The van der Waals surface area contributed by atoms with E-state index in [4.69, 9.17) is 0 Å². The summed E-state index contributed by atoms with van der Waals surface area (Å²) in [4.78, 5) is 10.7. The summed E-state index contributed by atoms with van der Waals surface area (Å²) < 4.78 is 0. The molecular formula is C7H9ClN2O. The van der Waals surface area contributed by atoms with Gasteiger partial charge in [0, 0.05) is 11.8 Å². The molecule has 1 aliphatic heterocycles. The van der Waals surface area contributed by atoms with Crippen LogP contribution in [0.1, 0.15) is 6.92 Å². The Hall–Kier alpha value is -1.09. The van der Waals surface area contributed by atoms with Crippen molar-refractivity contribution < 1.29 is 4.79 Å². The first-order valence-electron chi connectivity index (χ1n) is 2.97. The fourth-order valence-corrected chi connectivity index (χ4v) is 0.596. The Morgan fingerprint density at radius 1 is 1.64 bits per heavy atom. The number of carbonyl (C=O) groups is 1. The third-order valence-electron chi connectivity index (χ3n) is 1.13. The number of ketones is 1. The molecule has 11 heavy (non-hydrogen) atoms. The van der Waals surface area contributed by atoms with E-state index in [0.29, 0.717) is 5.57 Å². The summed E-state index contributed by atoms with van der Waals surface area (Å²) in [6.45, 7) is 1.51. The highest BCUT2D eigenvalue weighted by Crippen LogP contribution is 1.94. The van der Waals surface area contributed by atoms with Crippen molar-refractivity contribution in [1.82, 2.24) is 5.43 Å². The Balaban J connectivity index is 0.000001000. The number of rotatable bonds is 1. The van der Waals surface area contributed by atoms with Gasteiger partial charge in [0.1, 0.15) is 0 Å². The number of Topliss-reactive ketones (excluding diaryl/α,β-unsaturated/α-hetero) is 1. The molecule has 0 spiro atoms. The average Bonchev–Trinajstić information content (AvgIpc) is 2.12. The zero-order valence-electron chi connectivity index (χ0n) is 6.07. The molecule has 4 heteroatoms. The number of nitrogens with zero attached hydrogens (tertiary/aromatic N) is 1. The van der Waals surface area contributed by atoms with Crippen molar-refractivity contribution in [2.75, 3.05) is 0 Å². The summed E-state index contributed by atoms with van der Waals surface area (Å²) in [7, 11) is 0. The normalized spacial score (nSPS) is 14.1. The Morgan fingerprint density at radius 3 is 3.00 bits per heavy atom. The summed E-state index contributed by atoms with van der Waals surface area (Å²) in [5.41, 5.74) is 3.23. The molecule has 0 bridgehead atoms. The van der Waals surface area contributed by atoms with Gasteiger partial charge in [-0.2, -0.15) is 5.10 Å². The number of halogens is 1. The van der Waals surface area contributed by atoms with Gasteiger partial charge in [0.15, 0.2) is 5.78 Å². The van der Waals surface area contributed by atoms with Crippen LogP contribution >= 0.6 is 12.4 Å². The number of nitrogens with one attached hydrogen (secondary N) is 1. The van der Waals surface area contributed by atoms with E-state index in [0.717, 1.165) is 0 Å². The Labute approximate surface area is 71.3 Å². The van der Waals surface area contributed by atoms with E-state index in [-0.39, 0.29) is 18.2 Å². The van der Waals surface area contributed by atoms with Crippen molar-refractivity contribution in [2.24, 2.45) is 5.10 Å². The maximum atomic E-state index is 10.7. The van der Waals surface area contributed by atoms with Gasteiger partial charge in [0.25, 0.3) is 0 Å². The zero-order chi connectivity index (χ0) is 7.40. The second-order valence-corrected chi connectivity index (χ2v) is 1.92. The fourth-order valence-electron chi connectivity index (χ4n) is 0.596. The van der Waals surface area contributed by atoms with E-state index in [1.807, 2.05) is 0 Å². The van der Waals surface area contributed by atoms with E-state index in [1.165, 1.54) is 13.1 Å². The van der Waals surface area contributed by atoms with E-state index >= 15 is 0 Å². The standard InChI is InChI=1S/C7H8N2O.ClH/c1-6(10)7-3-2-4-8-9-5-7;/h2-5,8H,1H3;1H. The third kappa shape index (κ3) is 3.00. The number of hydrazone groups is 1. The first-order chi connectivity index (χ1) is 4.80. The smallest absolute Gasteiger partial charge is 0.161 e. The van der Waals surface area contributed by atoms with Crippen LogP contribution in [0.3, 0.4) is 0 Å². The number of hydrogen-bond acceptors (Lipinski definition) is 3. The largest absolute Gasteiger partial charge is 0.294 e. The summed E-state index contributed by atoms with van der Waals surface area (Å²) in [5.74, 6) is 0.0251. The van der Waals surface area contributed by atoms with E-state index in [9.17, 15) is 4.79 Å². The molecule has 0 radical (unpaired) electrons. The highest BCUT2D eigenvalue weighted by molar-refractivity contribution is 6.12. The van der Waals surface area contributed by atoms with Crippen molar-refractivity contribution in [3.05, 3.63) is 23.9 Å². The molecule has 0 unspecified atom stereocenters. The fraction of sp³-hybridized carbons (Fsp3) is 0.143. The maximum Gasteiger partial charge on any atom is 0.161 e. The molecule has 1 N–H and O–H groups in total. The molecule has 3 nitrogen and oxygen atoms in total. The van der Waals surface area contributed by atoms with Crippen molar-refractivity contribution >= 4 is 24.4 Å². The summed E-state index contributed by atoms with van der Waals surface area (Å²) >= 11 is 0. The minimum Gasteiger partial charge on any atom is -0.294 e. The van der Waals surface area contributed by atoms with Crippen LogP contribution in [0.4, 0.5) is 0 Å². The SMILES string of the molecule is CC(=O)C1=CC=CNN=C1.Cl. The minimum atomic E-state index is 0. The number of carbonyl (C=O) groups excluding carboxylic acids is 1. The lowest BCUT2D eigenvalue weighted by Crippen LogP contribution is -1.98. The molecule has 1 rings (SSSR count). The first kappa shape index (κ1) is 9.91. The molecule has 0 saturated carbocycles. The van der Waals surface area contributed by atoms with E-state index < -0.39 is 0 Å². The molecule has 1 heterocycles. The molecule has 1 aliphatic rings. The lowest BCUT2D eigenvalue weighted by molar-refractivity contribution is -0.113. The number of hydrogen-bond donors (Lipinski definition) is 1. The van der Waals surface area contributed by atoms with Crippen molar-refractivity contribution in [1.29, 1.82) is 0 Å². The average molecular weight is 173 g/mol. The highest BCUT2D eigenvalue weighted by Gasteiger charge is 1.98. The molecule has 0 fully saturated rings. The van der Waals surface area contributed by atoms with Gasteiger partial charge < -0.3 is 0 Å². The summed E-state index contributed by atoms with van der Waals surface area (Å²) in [5, 5.41) is 3.72. The van der Waals surface area contributed by atoms with Gasteiger partial charge in [-0.05, 0) is 19.1 Å². The van der Waals surface area contributed by atoms with Crippen LogP contribution in [0.25, 0.3) is 0 Å². The van der Waals surface area contributed by atoms with Crippen LogP contribution in [0, 0.1) is 0 Å². The molecule has 60 valence electrons. The van der Waals surface area contributed by atoms with Crippen LogP contribution in [-0.4, -0.2) is 12.0 Å². The molecule has 0 aliphatic carbocycles. The first-order valence-corrected chi connectivity index (χ1v) is 2.97. The van der Waals surface area contributed by atoms with Crippen LogP contribution in [0.5, 0.6) is 0 Å². The van der Waals surface area contributed by atoms with Crippen molar-refractivity contribution in [2.45, 2.75) is 6.92 Å². The Bertz CT molecular complexity index is 231. The molecule has 0 amide bonds. The topological polar surface area (TPSA) is 41.5 Å². The third-order valence-corrected chi connectivity index (χ3v) is 1.13. The van der Waals surface area contributed by atoms with Crippen LogP contribution in [-0.2, 0) is 4.79 Å². The van der Waals surface area contributed by atoms with Crippen LogP contribution < -0.4 is 5.43 Å². The molecule has 0 aromatic carbocycles. The van der Waals surface area contributed by atoms with Gasteiger partial charge in [-0.1, -0.05) is 0 Å². The Kier molecular flexibility index (Phi) is 4.22. The van der Waals surface area contributed by atoms with Crippen molar-refractivity contribution in [3.8, 4) is 0 Å². The van der Waals surface area contributed by atoms with E-state index in [2.05, 4.69) is 10.5 Å². The van der Waals surface area contributed by atoms with Gasteiger partial charge >= 0.3 is 0 Å². The molecule has 0 aromatic rings. The molecule has 0 saturated heterocycles. The van der Waals surface area contributed by atoms with Gasteiger partial charge in [0.2, 0.25) is 0 Å². The lowest BCUT2D eigenvalue weighted by Gasteiger charge is -1.88. The Morgan fingerprint density at radius 2 is 2.36 bits per heavy atom. The van der Waals surface area contributed by atoms with E-state index in [1.54, 1.807) is 18.4 Å². The highest BCUT2D eigenvalue weighted by atomic mass is 35.5. The van der Waals surface area contributed by atoms with Crippen LogP contribution in [0.15, 0.2) is 29.0 Å². The summed E-state index contributed by atoms with van der Waals surface area (Å²) in [6, 6.07) is 0. The monoisotopic (exact) mass is 172 g/mol. The maximum absolute atomic E-state index is 10.7. The molecule has 0 aromatic heterocycles. The molecular weight excluding hydrogens is 164 g/mol. The van der Waals surface area contributed by atoms with Gasteiger partial charge in [-0.3, -0.25) is 10.2 Å². The predicted molar refractivity (Wildman–Crippen MR) is 46.8 cm³/mol. The second kappa shape index (κ2) is 4.68. The lowest BCUT2D eigenvalue weighted by atomic mass is 10.2. The van der Waals surface area contributed by atoms with Crippen molar-refractivity contribution in [3.63, 3.8) is 0 Å². The minimum absolute atomic E-state index is 0. The zero-order valence-corrected chi connectivity index (χ0v) is 6.89. The number of allylic oxidation sites excluding steroid dienone is 3. The quantitative estimate of drug-likeness (QED) is 0.642. The van der Waals surface area contributed by atoms with Gasteiger partial charge in [-0.25, -0.2) is 0 Å². The van der Waals surface area contributed by atoms with Gasteiger partial charge in [-0.15, -0.1) is 12.4 Å². The van der Waals surface area contributed by atoms with Gasteiger partial charge in [0.05, 0.1) is 6.21 Å². The van der Waals surface area contributed by atoms with Crippen LogP contribution in [0.2, 0.25) is 0 Å². The second-order valence-electron chi connectivity index (χ2n) is 1.92. The molecule has 0 atom stereocenters. The summed E-state index contributed by atoms with van der Waals surface area (Å²) in [6.07, 6.45) is 6.62.